The van der Waals surface area contributed by atoms with Crippen LogP contribution in [0.3, 0.4) is 0 Å². The summed E-state index contributed by atoms with van der Waals surface area (Å²) in [5.74, 6) is 0. The van der Waals surface area contributed by atoms with Crippen LogP contribution in [-0.2, 0) is 4.43 Å². The molecule has 0 spiro atoms. The maximum Gasteiger partial charge on any atom is 0.162 e. The summed E-state index contributed by atoms with van der Waals surface area (Å²) in [6, 6.07) is 2.61. The van der Waals surface area contributed by atoms with E-state index in [-0.39, 0.29) is 9.76 Å². The van der Waals surface area contributed by atoms with Crippen LogP contribution >= 0.6 is 0 Å². The summed E-state index contributed by atoms with van der Waals surface area (Å²) in [4.78, 5) is 2.53. The zero-order valence-electron chi connectivity index (χ0n) is 9.84. The van der Waals surface area contributed by atoms with Crippen molar-refractivity contribution >= 4 is 9.76 Å². The number of nitrogens with zero attached hydrogens (tertiary/aromatic N) is 1. The van der Waals surface area contributed by atoms with Crippen molar-refractivity contribution in [3.63, 3.8) is 0 Å². The van der Waals surface area contributed by atoms with Crippen molar-refractivity contribution in [2.45, 2.75) is 52.7 Å². The summed E-state index contributed by atoms with van der Waals surface area (Å²) in [6.45, 7) is 13.3. The Labute approximate surface area is 85.6 Å². The van der Waals surface area contributed by atoms with E-state index in [0.717, 1.165) is 6.61 Å². The molecule has 0 aromatic rings. The predicted molar refractivity (Wildman–Crippen MR) is 62.0 cm³/mol. The Balaban J connectivity index is 3.58. The second-order valence-corrected chi connectivity index (χ2v) is 5.50. The normalized spacial score (nSPS) is 12.9. The minimum absolute atomic E-state index is 0.237. The lowest BCUT2D eigenvalue weighted by Crippen LogP contribution is -2.38. The molecular formula is C10H25NOSi. The first kappa shape index (κ1) is 13.1. The quantitative estimate of drug-likeness (QED) is 0.461. The number of hydrogen-bond acceptors (Lipinski definition) is 2. The molecule has 0 unspecified atom stereocenters. The zero-order chi connectivity index (χ0) is 10.3. The molecule has 2 nitrogen and oxygen atoms in total. The summed E-state index contributed by atoms with van der Waals surface area (Å²) < 4.78 is 5.46. The fourth-order valence-electron chi connectivity index (χ4n) is 1.61. The van der Waals surface area contributed by atoms with Crippen molar-refractivity contribution in [3.8, 4) is 0 Å². The molecule has 0 fully saturated rings. The number of rotatable bonds is 7. The highest BCUT2D eigenvalue weighted by Gasteiger charge is 2.11. The van der Waals surface area contributed by atoms with E-state index in [9.17, 15) is 0 Å². The molecule has 0 rings (SSSR count). The Morgan fingerprint density at radius 2 is 1.69 bits per heavy atom. The summed E-state index contributed by atoms with van der Waals surface area (Å²) in [5, 5.41) is 0. The molecule has 0 amide bonds. The topological polar surface area (TPSA) is 12.5 Å². The Kier molecular flexibility index (Phi) is 7.61. The van der Waals surface area contributed by atoms with Crippen molar-refractivity contribution in [2.75, 3.05) is 13.2 Å². The molecule has 0 radical (unpaired) electrons. The molecule has 0 atom stereocenters. The Morgan fingerprint density at radius 1 is 1.15 bits per heavy atom. The highest BCUT2D eigenvalue weighted by atomic mass is 28.2. The van der Waals surface area contributed by atoms with E-state index in [1.807, 2.05) is 0 Å². The Hall–Kier alpha value is 0.137. The van der Waals surface area contributed by atoms with Gasteiger partial charge in [0, 0.05) is 18.7 Å². The van der Waals surface area contributed by atoms with Crippen molar-refractivity contribution < 1.29 is 4.43 Å². The van der Waals surface area contributed by atoms with Crippen LogP contribution in [0.2, 0.25) is 6.04 Å². The SMILES string of the molecule is CCO[SiH2]CCN(C(C)C)C(C)C. The maximum absolute atomic E-state index is 5.46. The van der Waals surface area contributed by atoms with Crippen LogP contribution in [0.25, 0.3) is 0 Å². The molecule has 0 aromatic heterocycles. The Bertz CT molecular complexity index is 109. The van der Waals surface area contributed by atoms with Gasteiger partial charge in [0.25, 0.3) is 0 Å². The molecule has 0 saturated carbocycles. The van der Waals surface area contributed by atoms with Gasteiger partial charge < -0.3 is 4.43 Å². The van der Waals surface area contributed by atoms with E-state index in [1.54, 1.807) is 0 Å². The molecule has 3 heteroatoms. The molecule has 0 heterocycles. The zero-order valence-corrected chi connectivity index (χ0v) is 11.3. The third-order valence-corrected chi connectivity index (χ3v) is 3.54. The summed E-state index contributed by atoms with van der Waals surface area (Å²) in [6.07, 6.45) is 0. The highest BCUT2D eigenvalue weighted by molar-refractivity contribution is 6.27. The standard InChI is InChI=1S/C10H25NOSi/c1-6-12-13-8-7-11(9(2)3)10(4)5/h9-10H,6-8,13H2,1-5H3. The van der Waals surface area contributed by atoms with E-state index in [4.69, 9.17) is 4.43 Å². The molecule has 0 aliphatic rings. The van der Waals surface area contributed by atoms with Gasteiger partial charge in [-0.1, -0.05) is 0 Å². The van der Waals surface area contributed by atoms with Gasteiger partial charge in [0.15, 0.2) is 9.76 Å². The van der Waals surface area contributed by atoms with Crippen LogP contribution < -0.4 is 0 Å². The monoisotopic (exact) mass is 203 g/mol. The second kappa shape index (κ2) is 7.53. The van der Waals surface area contributed by atoms with Gasteiger partial charge in [0.2, 0.25) is 0 Å². The van der Waals surface area contributed by atoms with Crippen molar-refractivity contribution in [2.24, 2.45) is 0 Å². The molecule has 13 heavy (non-hydrogen) atoms. The summed E-state index contributed by atoms with van der Waals surface area (Å²) in [7, 11) is -0.237. The summed E-state index contributed by atoms with van der Waals surface area (Å²) in [5.41, 5.74) is 0. The third kappa shape index (κ3) is 6.24. The first-order valence-corrected chi connectivity index (χ1v) is 7.00. The van der Waals surface area contributed by atoms with Crippen LogP contribution in [-0.4, -0.2) is 39.9 Å². The molecular weight excluding hydrogens is 178 g/mol. The lowest BCUT2D eigenvalue weighted by atomic mass is 10.2. The molecule has 0 aliphatic carbocycles. The molecule has 0 saturated heterocycles. The molecule has 0 aromatic carbocycles. The average Bonchev–Trinajstić information content (AvgIpc) is 2.02. The largest absolute Gasteiger partial charge is 0.424 e. The van der Waals surface area contributed by atoms with E-state index < -0.39 is 0 Å². The van der Waals surface area contributed by atoms with Gasteiger partial charge in [-0.15, -0.1) is 0 Å². The minimum Gasteiger partial charge on any atom is -0.424 e. The van der Waals surface area contributed by atoms with Gasteiger partial charge in [-0.05, 0) is 47.2 Å². The molecule has 80 valence electrons. The smallest absolute Gasteiger partial charge is 0.162 e. The number of hydrogen-bond donors (Lipinski definition) is 0. The van der Waals surface area contributed by atoms with Gasteiger partial charge in [-0.25, -0.2) is 0 Å². The van der Waals surface area contributed by atoms with Gasteiger partial charge in [0.05, 0.1) is 0 Å². The highest BCUT2D eigenvalue weighted by Crippen LogP contribution is 2.05. The Morgan fingerprint density at radius 3 is 2.08 bits per heavy atom. The first-order chi connectivity index (χ1) is 6.09. The lowest BCUT2D eigenvalue weighted by molar-refractivity contribution is 0.183. The van der Waals surface area contributed by atoms with Gasteiger partial charge in [-0.3, -0.25) is 4.90 Å². The minimum atomic E-state index is -0.237. The fourth-order valence-corrected chi connectivity index (χ4v) is 2.59. The second-order valence-electron chi connectivity index (χ2n) is 3.98. The van der Waals surface area contributed by atoms with Crippen molar-refractivity contribution in [3.05, 3.63) is 0 Å². The maximum atomic E-state index is 5.46. The molecule has 0 bridgehead atoms. The summed E-state index contributed by atoms with van der Waals surface area (Å²) >= 11 is 0. The predicted octanol–water partition coefficient (Wildman–Crippen LogP) is 1.64. The van der Waals surface area contributed by atoms with Gasteiger partial charge in [0.1, 0.15) is 0 Å². The van der Waals surface area contributed by atoms with Crippen LogP contribution in [0.5, 0.6) is 0 Å². The molecule has 0 aliphatic heterocycles. The fraction of sp³-hybridized carbons (Fsp3) is 1.00. The van der Waals surface area contributed by atoms with Gasteiger partial charge >= 0.3 is 0 Å². The van der Waals surface area contributed by atoms with Crippen LogP contribution in [0.4, 0.5) is 0 Å². The lowest BCUT2D eigenvalue weighted by Gasteiger charge is -2.30. The van der Waals surface area contributed by atoms with E-state index in [2.05, 4.69) is 39.5 Å². The van der Waals surface area contributed by atoms with E-state index in [0.29, 0.717) is 12.1 Å². The van der Waals surface area contributed by atoms with Crippen LogP contribution in [0, 0.1) is 0 Å². The van der Waals surface area contributed by atoms with Crippen molar-refractivity contribution in [1.29, 1.82) is 0 Å². The average molecular weight is 203 g/mol. The van der Waals surface area contributed by atoms with Crippen LogP contribution in [0.1, 0.15) is 34.6 Å². The van der Waals surface area contributed by atoms with Crippen molar-refractivity contribution in [1.82, 2.24) is 4.90 Å². The first-order valence-electron chi connectivity index (χ1n) is 5.43. The van der Waals surface area contributed by atoms with Crippen LogP contribution in [0.15, 0.2) is 0 Å². The third-order valence-electron chi connectivity index (χ3n) is 2.24. The van der Waals surface area contributed by atoms with E-state index >= 15 is 0 Å². The molecule has 0 N–H and O–H groups in total. The van der Waals surface area contributed by atoms with E-state index in [1.165, 1.54) is 12.6 Å². The van der Waals surface area contributed by atoms with Gasteiger partial charge in [-0.2, -0.15) is 0 Å².